The Morgan fingerprint density at radius 2 is 0.596 bits per heavy atom. The van der Waals surface area contributed by atoms with E-state index >= 15 is 0 Å². The van der Waals surface area contributed by atoms with Crippen LogP contribution in [-0.4, -0.2) is 13.7 Å². The van der Waals surface area contributed by atoms with E-state index in [2.05, 4.69) is 203 Å². The maximum Gasteiger partial charge on any atom is 0.0547 e. The summed E-state index contributed by atoms with van der Waals surface area (Å²) < 4.78 is 7.14. The quantitative estimate of drug-likeness (QED) is 0.178. The molecule has 8 aromatic carbocycles. The second kappa shape index (κ2) is 11.1. The molecule has 0 spiro atoms. The van der Waals surface area contributed by atoms with E-state index in [1.54, 1.807) is 0 Å². The summed E-state index contributed by atoms with van der Waals surface area (Å²) in [5.74, 6) is 0. The van der Waals surface area contributed by atoms with Gasteiger partial charge in [-0.15, -0.1) is 0 Å². The van der Waals surface area contributed by atoms with Crippen LogP contribution >= 0.6 is 0 Å². The van der Waals surface area contributed by atoms with Crippen LogP contribution in [0.5, 0.6) is 0 Å². The maximum atomic E-state index is 2.44. The molecule has 0 amide bonds. The molecule has 52 heavy (non-hydrogen) atoms. The van der Waals surface area contributed by atoms with E-state index in [0.29, 0.717) is 0 Å². The first-order valence-electron chi connectivity index (χ1n) is 17.9. The SMILES string of the molecule is Cn1c2ccccc2c2ccc(-c3ccc4c5ccc(-c6ccc7c8ccccc8n(-c8ccccc8)c7c6)cc5n(-c5ccccc5)c4c3)cc21. The number of rotatable bonds is 4. The van der Waals surface area contributed by atoms with Crippen LogP contribution in [0.2, 0.25) is 0 Å². The summed E-state index contributed by atoms with van der Waals surface area (Å²) in [5, 5.41) is 7.61. The maximum absolute atomic E-state index is 2.44. The van der Waals surface area contributed by atoms with E-state index < -0.39 is 0 Å². The van der Waals surface area contributed by atoms with Gasteiger partial charge in [0.05, 0.1) is 22.1 Å². The lowest BCUT2D eigenvalue weighted by Gasteiger charge is -2.11. The summed E-state index contributed by atoms with van der Waals surface area (Å²) >= 11 is 0. The normalized spacial score (nSPS) is 11.9. The van der Waals surface area contributed by atoms with Crippen molar-refractivity contribution in [3.63, 3.8) is 0 Å². The first-order valence-corrected chi connectivity index (χ1v) is 17.9. The lowest BCUT2D eigenvalue weighted by Crippen LogP contribution is -1.94. The molecule has 0 unspecified atom stereocenters. The molecule has 0 radical (unpaired) electrons. The smallest absolute Gasteiger partial charge is 0.0547 e. The zero-order chi connectivity index (χ0) is 34.3. The fourth-order valence-corrected chi connectivity index (χ4v) is 8.58. The van der Waals surface area contributed by atoms with Crippen molar-refractivity contribution in [2.24, 2.45) is 7.05 Å². The van der Waals surface area contributed by atoms with Crippen molar-refractivity contribution in [1.82, 2.24) is 13.7 Å². The molecule has 0 N–H and O–H groups in total. The van der Waals surface area contributed by atoms with Crippen LogP contribution in [0, 0.1) is 0 Å². The average Bonchev–Trinajstić information content (AvgIpc) is 3.82. The molecule has 11 rings (SSSR count). The summed E-state index contributed by atoms with van der Waals surface area (Å²) in [5.41, 5.74) is 14.5. The Hall–Kier alpha value is -6.84. The minimum Gasteiger partial charge on any atom is -0.344 e. The van der Waals surface area contributed by atoms with Crippen LogP contribution in [-0.2, 0) is 7.05 Å². The van der Waals surface area contributed by atoms with Gasteiger partial charge in [0.1, 0.15) is 0 Å². The van der Waals surface area contributed by atoms with E-state index in [0.717, 1.165) is 5.69 Å². The molecule has 0 aliphatic heterocycles. The molecule has 0 aliphatic rings. The van der Waals surface area contributed by atoms with Gasteiger partial charge in [-0.1, -0.05) is 121 Å². The van der Waals surface area contributed by atoms with Crippen LogP contribution < -0.4 is 0 Å². The predicted molar refractivity (Wildman–Crippen MR) is 220 cm³/mol. The number of para-hydroxylation sites is 4. The zero-order valence-corrected chi connectivity index (χ0v) is 28.7. The highest BCUT2D eigenvalue weighted by Gasteiger charge is 2.17. The number of nitrogens with zero attached hydrogens (tertiary/aromatic N) is 3. The molecular weight excluding hydrogens is 631 g/mol. The number of hydrogen-bond acceptors (Lipinski definition) is 0. The highest BCUT2D eigenvalue weighted by atomic mass is 15.0. The second-order valence-corrected chi connectivity index (χ2v) is 13.9. The third-order valence-corrected chi connectivity index (χ3v) is 11.1. The summed E-state index contributed by atoms with van der Waals surface area (Å²) in [4.78, 5) is 0. The van der Waals surface area contributed by atoms with E-state index in [4.69, 9.17) is 0 Å². The molecule has 3 heterocycles. The minimum atomic E-state index is 1.15. The van der Waals surface area contributed by atoms with Crippen molar-refractivity contribution in [3.8, 4) is 33.6 Å². The van der Waals surface area contributed by atoms with Gasteiger partial charge >= 0.3 is 0 Å². The molecule has 0 saturated carbocycles. The summed E-state index contributed by atoms with van der Waals surface area (Å²) in [6.45, 7) is 0. The zero-order valence-electron chi connectivity index (χ0n) is 28.7. The molecule has 0 saturated heterocycles. The third-order valence-electron chi connectivity index (χ3n) is 11.1. The van der Waals surface area contributed by atoms with Crippen molar-refractivity contribution in [2.45, 2.75) is 0 Å². The fourth-order valence-electron chi connectivity index (χ4n) is 8.58. The molecule has 11 aromatic rings. The van der Waals surface area contributed by atoms with Gasteiger partial charge in [-0.3, -0.25) is 0 Å². The average molecular weight is 664 g/mol. The highest BCUT2D eigenvalue weighted by Crippen LogP contribution is 2.40. The van der Waals surface area contributed by atoms with Crippen molar-refractivity contribution in [1.29, 1.82) is 0 Å². The predicted octanol–water partition coefficient (Wildman–Crippen LogP) is 12.9. The molecule has 0 aliphatic carbocycles. The molecule has 0 atom stereocenters. The highest BCUT2D eigenvalue weighted by molar-refractivity contribution is 6.13. The number of benzene rings is 8. The van der Waals surface area contributed by atoms with E-state index in [1.165, 1.54) is 93.4 Å². The molecule has 3 heteroatoms. The van der Waals surface area contributed by atoms with E-state index in [9.17, 15) is 0 Å². The Morgan fingerprint density at radius 3 is 1.08 bits per heavy atom. The molecular formula is C49H33N3. The Bertz CT molecular complexity index is 3180. The second-order valence-electron chi connectivity index (χ2n) is 13.9. The van der Waals surface area contributed by atoms with E-state index in [-0.39, 0.29) is 0 Å². The Balaban J connectivity index is 1.12. The van der Waals surface area contributed by atoms with Gasteiger partial charge < -0.3 is 13.7 Å². The largest absolute Gasteiger partial charge is 0.344 e. The minimum absolute atomic E-state index is 1.15. The van der Waals surface area contributed by atoms with Gasteiger partial charge in [0, 0.05) is 61.8 Å². The first-order chi connectivity index (χ1) is 25.7. The van der Waals surface area contributed by atoms with Crippen LogP contribution in [0.15, 0.2) is 182 Å². The molecule has 244 valence electrons. The van der Waals surface area contributed by atoms with Gasteiger partial charge in [-0.05, 0) is 82.9 Å². The topological polar surface area (TPSA) is 14.8 Å². The molecule has 3 aromatic heterocycles. The van der Waals surface area contributed by atoms with Crippen molar-refractivity contribution in [2.75, 3.05) is 0 Å². The monoisotopic (exact) mass is 663 g/mol. The van der Waals surface area contributed by atoms with Gasteiger partial charge in [-0.2, -0.15) is 0 Å². The van der Waals surface area contributed by atoms with Crippen LogP contribution in [0.1, 0.15) is 0 Å². The number of aromatic nitrogens is 3. The lowest BCUT2D eigenvalue weighted by molar-refractivity contribution is 1.01. The van der Waals surface area contributed by atoms with Crippen molar-refractivity contribution >= 4 is 65.4 Å². The van der Waals surface area contributed by atoms with Crippen LogP contribution in [0.4, 0.5) is 0 Å². The van der Waals surface area contributed by atoms with Gasteiger partial charge in [0.2, 0.25) is 0 Å². The first kappa shape index (κ1) is 28.9. The summed E-state index contributed by atoms with van der Waals surface area (Å²) in [7, 11) is 2.17. The fraction of sp³-hybridized carbons (Fsp3) is 0.0204. The van der Waals surface area contributed by atoms with Crippen LogP contribution in [0.25, 0.3) is 99.0 Å². The lowest BCUT2D eigenvalue weighted by atomic mass is 10.00. The van der Waals surface area contributed by atoms with Gasteiger partial charge in [0.25, 0.3) is 0 Å². The van der Waals surface area contributed by atoms with Crippen molar-refractivity contribution < 1.29 is 0 Å². The Morgan fingerprint density at radius 1 is 0.269 bits per heavy atom. The van der Waals surface area contributed by atoms with Crippen LogP contribution in [0.3, 0.4) is 0 Å². The van der Waals surface area contributed by atoms with Crippen molar-refractivity contribution in [3.05, 3.63) is 182 Å². The summed E-state index contributed by atoms with van der Waals surface area (Å²) in [6, 6.07) is 66.6. The third kappa shape index (κ3) is 4.20. The number of fused-ring (bicyclic) bond motifs is 9. The number of hydrogen-bond donors (Lipinski definition) is 0. The molecule has 0 bridgehead atoms. The summed E-state index contributed by atoms with van der Waals surface area (Å²) in [6.07, 6.45) is 0. The number of aryl methyl sites for hydroxylation is 1. The standard InChI is InChI=1S/C49H33N3/c1-50-44-18-10-8-16-38(44)40-24-20-32(28-46(40)50)33-22-26-42-43-27-23-35(31-49(43)52(48(42)30-33)37-14-6-3-7-15-37)34-21-25-41-39-17-9-11-19-45(39)51(47(41)29-34)36-12-4-2-5-13-36/h2-31H,1H3. The Kier molecular flexibility index (Phi) is 6.17. The molecule has 0 fully saturated rings. The Labute approximate surface area is 300 Å². The van der Waals surface area contributed by atoms with Gasteiger partial charge in [-0.25, -0.2) is 0 Å². The van der Waals surface area contributed by atoms with E-state index in [1.807, 2.05) is 0 Å². The van der Waals surface area contributed by atoms with Gasteiger partial charge in [0.15, 0.2) is 0 Å². The molecule has 3 nitrogen and oxygen atoms in total.